The molecule has 2 N–H and O–H groups in total. The van der Waals surface area contributed by atoms with Crippen molar-refractivity contribution >= 4 is 5.91 Å². The summed E-state index contributed by atoms with van der Waals surface area (Å²) in [6, 6.07) is 7.19. The monoisotopic (exact) mass is 492 g/mol. The van der Waals surface area contributed by atoms with Gasteiger partial charge in [-0.15, -0.1) is 0 Å². The molecule has 36 heavy (non-hydrogen) atoms. The summed E-state index contributed by atoms with van der Waals surface area (Å²) >= 11 is 0. The van der Waals surface area contributed by atoms with Crippen LogP contribution in [0.25, 0.3) is 0 Å². The van der Waals surface area contributed by atoms with Crippen molar-refractivity contribution in [3.8, 4) is 17.7 Å². The summed E-state index contributed by atoms with van der Waals surface area (Å²) in [5.74, 6) is 6.02. The number of ether oxygens (including phenoxy) is 1. The number of amides is 1. The van der Waals surface area contributed by atoms with Gasteiger partial charge in [0.1, 0.15) is 17.3 Å². The van der Waals surface area contributed by atoms with Crippen molar-refractivity contribution in [3.63, 3.8) is 0 Å². The number of aliphatic hydroxyl groups is 2. The van der Waals surface area contributed by atoms with Gasteiger partial charge in [-0.2, -0.15) is 0 Å². The molecule has 0 unspecified atom stereocenters. The molecule has 2 aliphatic rings. The molecule has 3 heterocycles. The highest BCUT2D eigenvalue weighted by Crippen LogP contribution is 2.30. The fourth-order valence-corrected chi connectivity index (χ4v) is 4.80. The van der Waals surface area contributed by atoms with E-state index >= 15 is 0 Å². The lowest BCUT2D eigenvalue weighted by Crippen LogP contribution is -2.49. The molecule has 3 atom stereocenters. The van der Waals surface area contributed by atoms with Gasteiger partial charge < -0.3 is 19.8 Å². The maximum atomic E-state index is 13.6. The molecule has 1 amide bonds. The molecule has 1 aliphatic heterocycles. The summed E-state index contributed by atoms with van der Waals surface area (Å²) in [5, 5.41) is 20.5. The number of carbonyl (C=O) groups excluding carboxylic acids is 1. The van der Waals surface area contributed by atoms with Crippen molar-refractivity contribution in [2.75, 3.05) is 26.7 Å². The normalized spacial score (nSPS) is 22.2. The van der Waals surface area contributed by atoms with E-state index in [-0.39, 0.29) is 36.5 Å². The maximum absolute atomic E-state index is 13.6. The highest BCUT2D eigenvalue weighted by atomic mass is 16.5. The smallest absolute Gasteiger partial charge is 0.259 e. The maximum Gasteiger partial charge on any atom is 0.259 e. The highest BCUT2D eigenvalue weighted by Gasteiger charge is 2.34. The van der Waals surface area contributed by atoms with Crippen molar-refractivity contribution in [1.82, 2.24) is 19.8 Å². The third-order valence-corrected chi connectivity index (χ3v) is 7.04. The minimum absolute atomic E-state index is 0.000152. The van der Waals surface area contributed by atoms with Crippen LogP contribution in [-0.4, -0.2) is 80.4 Å². The van der Waals surface area contributed by atoms with E-state index in [2.05, 4.69) is 33.6 Å². The Labute approximate surface area is 213 Å². The number of aliphatic hydroxyl groups excluding tert-OH is 1. The Kier molecular flexibility index (Phi) is 8.24. The predicted octanol–water partition coefficient (Wildman–Crippen LogP) is 2.49. The van der Waals surface area contributed by atoms with Gasteiger partial charge in [-0.1, -0.05) is 24.8 Å². The average Bonchev–Trinajstić information content (AvgIpc) is 3.31. The van der Waals surface area contributed by atoms with Crippen molar-refractivity contribution < 1.29 is 19.7 Å². The number of pyridine rings is 2. The van der Waals surface area contributed by atoms with E-state index in [1.54, 1.807) is 23.4 Å². The van der Waals surface area contributed by atoms with E-state index in [0.717, 1.165) is 18.5 Å². The van der Waals surface area contributed by atoms with Gasteiger partial charge in [0.2, 0.25) is 5.88 Å². The first-order valence-electron chi connectivity index (χ1n) is 12.7. The molecule has 2 aromatic rings. The van der Waals surface area contributed by atoms with Gasteiger partial charge in [0.15, 0.2) is 0 Å². The highest BCUT2D eigenvalue weighted by molar-refractivity contribution is 5.97. The molecule has 0 bridgehead atoms. The molecule has 1 saturated carbocycles. The Hall–Kier alpha value is -2.99. The fraction of sp³-hybridized carbons (Fsp3) is 0.536. The first kappa shape index (κ1) is 26.1. The molecule has 8 heteroatoms. The molecule has 0 aromatic carbocycles. The summed E-state index contributed by atoms with van der Waals surface area (Å²) in [7, 11) is 2.02. The molecule has 1 fully saturated rings. The van der Waals surface area contributed by atoms with Crippen LogP contribution in [0.2, 0.25) is 0 Å². The zero-order valence-electron chi connectivity index (χ0n) is 21.4. The Morgan fingerprint density at radius 3 is 2.78 bits per heavy atom. The Balaban J connectivity index is 1.61. The largest absolute Gasteiger partial charge is 0.472 e. The van der Waals surface area contributed by atoms with Crippen LogP contribution in [0, 0.1) is 17.8 Å². The van der Waals surface area contributed by atoms with Gasteiger partial charge in [-0.25, -0.2) is 4.98 Å². The van der Waals surface area contributed by atoms with Crippen LogP contribution < -0.4 is 4.74 Å². The minimum atomic E-state index is -0.971. The minimum Gasteiger partial charge on any atom is -0.472 e. The van der Waals surface area contributed by atoms with Gasteiger partial charge in [-0.3, -0.25) is 14.7 Å². The Bertz CT molecular complexity index is 1110. The predicted molar refractivity (Wildman–Crippen MR) is 136 cm³/mol. The standard InChI is InChI=1S/C28H36N4O4/c1-20-16-32(21(2)19-33)27(34)24-14-22(9-12-28(35)10-5-6-11-28)15-30-26(24)36-25(20)18-31(3)17-23-8-4-7-13-29-23/h4,7-8,13-15,20-21,25,33,35H,5-6,10-11,16-19H2,1-3H3/t20-,21-,25+/m0/s1. The number of likely N-dealkylation sites (N-methyl/N-ethyl adjacent to an activating group) is 1. The molecule has 1 aliphatic carbocycles. The zero-order chi connectivity index (χ0) is 25.7. The van der Waals surface area contributed by atoms with Crippen molar-refractivity contribution in [2.24, 2.45) is 5.92 Å². The first-order chi connectivity index (χ1) is 17.3. The third-order valence-electron chi connectivity index (χ3n) is 7.04. The van der Waals surface area contributed by atoms with Crippen molar-refractivity contribution in [1.29, 1.82) is 0 Å². The number of hydrogen-bond acceptors (Lipinski definition) is 7. The molecule has 2 aromatic heterocycles. The topological polar surface area (TPSA) is 99.0 Å². The summed E-state index contributed by atoms with van der Waals surface area (Å²) in [4.78, 5) is 26.3. The molecular formula is C28H36N4O4. The number of hydrogen-bond donors (Lipinski definition) is 2. The van der Waals surface area contributed by atoms with Gasteiger partial charge in [0, 0.05) is 43.5 Å². The lowest BCUT2D eigenvalue weighted by atomic mass is 9.99. The average molecular weight is 493 g/mol. The fourth-order valence-electron chi connectivity index (χ4n) is 4.80. The molecule has 4 rings (SSSR count). The first-order valence-corrected chi connectivity index (χ1v) is 12.7. The summed E-state index contributed by atoms with van der Waals surface area (Å²) < 4.78 is 6.36. The second-order valence-corrected chi connectivity index (χ2v) is 10.2. The number of fused-ring (bicyclic) bond motifs is 1. The third kappa shape index (κ3) is 6.22. The van der Waals surface area contributed by atoms with Gasteiger partial charge in [0.25, 0.3) is 5.91 Å². The molecule has 0 spiro atoms. The van der Waals surface area contributed by atoms with Crippen LogP contribution in [0.1, 0.15) is 61.1 Å². The summed E-state index contributed by atoms with van der Waals surface area (Å²) in [6.45, 7) is 5.47. The van der Waals surface area contributed by atoms with Crippen LogP contribution in [0.5, 0.6) is 5.88 Å². The van der Waals surface area contributed by atoms with E-state index in [1.165, 1.54) is 0 Å². The van der Waals surface area contributed by atoms with Crippen LogP contribution >= 0.6 is 0 Å². The Morgan fingerprint density at radius 2 is 2.08 bits per heavy atom. The van der Waals surface area contributed by atoms with Gasteiger partial charge in [-0.05, 0) is 57.9 Å². The summed E-state index contributed by atoms with van der Waals surface area (Å²) in [6.07, 6.45) is 6.39. The number of carbonyl (C=O) groups is 1. The zero-order valence-corrected chi connectivity index (χ0v) is 21.4. The second kappa shape index (κ2) is 11.4. The number of aromatic nitrogens is 2. The van der Waals surface area contributed by atoms with Crippen LogP contribution in [-0.2, 0) is 6.54 Å². The Morgan fingerprint density at radius 1 is 1.31 bits per heavy atom. The molecule has 0 radical (unpaired) electrons. The number of nitrogens with zero attached hydrogens (tertiary/aromatic N) is 4. The van der Waals surface area contributed by atoms with Crippen molar-refractivity contribution in [3.05, 3.63) is 53.5 Å². The van der Waals surface area contributed by atoms with Gasteiger partial charge >= 0.3 is 0 Å². The van der Waals surface area contributed by atoms with Crippen molar-refractivity contribution in [2.45, 2.75) is 63.8 Å². The van der Waals surface area contributed by atoms with E-state index < -0.39 is 5.60 Å². The van der Waals surface area contributed by atoms with Crippen LogP contribution in [0.3, 0.4) is 0 Å². The molecule has 192 valence electrons. The quantitative estimate of drug-likeness (QED) is 0.598. The van der Waals surface area contributed by atoms with E-state index in [9.17, 15) is 15.0 Å². The molecule has 8 nitrogen and oxygen atoms in total. The molecular weight excluding hydrogens is 456 g/mol. The van der Waals surface area contributed by atoms with E-state index in [4.69, 9.17) is 4.74 Å². The molecule has 0 saturated heterocycles. The number of rotatable bonds is 6. The van der Waals surface area contributed by atoms with E-state index in [1.807, 2.05) is 32.2 Å². The van der Waals surface area contributed by atoms with Gasteiger partial charge in [0.05, 0.1) is 18.3 Å². The SMILES string of the molecule is C[C@H]1CN([C@@H](C)CO)C(=O)c2cc(C#CC3(O)CCCC3)cnc2O[C@@H]1CN(C)Cc1ccccn1. The van der Waals surface area contributed by atoms with Crippen LogP contribution in [0.15, 0.2) is 36.7 Å². The lowest BCUT2D eigenvalue weighted by molar-refractivity contribution is 0.0324. The lowest BCUT2D eigenvalue weighted by Gasteiger charge is -2.37. The summed E-state index contributed by atoms with van der Waals surface area (Å²) in [5.41, 5.74) is 0.876. The second-order valence-electron chi connectivity index (χ2n) is 10.2. The van der Waals surface area contributed by atoms with E-state index in [0.29, 0.717) is 43.6 Å². The van der Waals surface area contributed by atoms with Crippen LogP contribution in [0.4, 0.5) is 0 Å².